The fourth-order valence-electron chi connectivity index (χ4n) is 9.72. The van der Waals surface area contributed by atoms with Crippen LogP contribution in [0.1, 0.15) is 58.8 Å². The van der Waals surface area contributed by atoms with E-state index in [4.69, 9.17) is 18.0 Å². The highest BCUT2D eigenvalue weighted by atomic mass is 28.4. The van der Waals surface area contributed by atoms with Crippen molar-refractivity contribution in [2.45, 2.75) is 130 Å². The van der Waals surface area contributed by atoms with Gasteiger partial charge in [0.25, 0.3) is 0 Å². The topological polar surface area (TPSA) is 54.0 Å². The summed E-state index contributed by atoms with van der Waals surface area (Å²) >= 11 is 0. The lowest BCUT2D eigenvalue weighted by atomic mass is 9.39. The van der Waals surface area contributed by atoms with E-state index in [1.807, 2.05) is 0 Å². The summed E-state index contributed by atoms with van der Waals surface area (Å²) in [5.41, 5.74) is -0.421. The molecule has 4 aliphatic carbocycles. The van der Waals surface area contributed by atoms with Crippen molar-refractivity contribution < 1.29 is 22.8 Å². The molecule has 0 saturated heterocycles. The number of ether oxygens (including phenoxy) is 1. The van der Waals surface area contributed by atoms with Crippen molar-refractivity contribution in [2.24, 2.45) is 39.9 Å². The molecule has 4 saturated carbocycles. The molecule has 0 radical (unpaired) electrons. The zero-order valence-corrected chi connectivity index (χ0v) is 29.7. The first-order valence-electron chi connectivity index (χ1n) is 15.3. The van der Waals surface area contributed by atoms with Crippen molar-refractivity contribution in [2.75, 3.05) is 13.7 Å². The zero-order chi connectivity index (χ0) is 28.5. The molecule has 0 aliphatic heterocycles. The molecule has 38 heavy (non-hydrogen) atoms. The first-order chi connectivity index (χ1) is 17.3. The van der Waals surface area contributed by atoms with Crippen LogP contribution in [0.3, 0.4) is 0 Å². The summed E-state index contributed by atoms with van der Waals surface area (Å²) in [4.78, 5) is 13.6. The van der Waals surface area contributed by atoms with Gasteiger partial charge in [-0.15, -0.1) is 0 Å². The summed E-state index contributed by atoms with van der Waals surface area (Å²) < 4.78 is 26.8. The molecule has 0 aromatic heterocycles. The summed E-state index contributed by atoms with van der Waals surface area (Å²) in [5, 5.41) is 0. The molecule has 0 aromatic rings. The molecule has 2 bridgehead atoms. The Labute approximate surface area is 236 Å². The molecule has 4 rings (SSSR count). The predicted molar refractivity (Wildman–Crippen MR) is 163 cm³/mol. The van der Waals surface area contributed by atoms with Crippen LogP contribution in [0.2, 0.25) is 58.9 Å². The van der Waals surface area contributed by atoms with Gasteiger partial charge in [-0.05, 0) is 128 Å². The number of fused-ring (bicyclic) bond motifs is 3. The highest BCUT2D eigenvalue weighted by Crippen LogP contribution is 2.73. The fourth-order valence-corrected chi connectivity index (χ4v) is 12.6. The smallest absolute Gasteiger partial charge is 0.311 e. The van der Waals surface area contributed by atoms with Gasteiger partial charge in [0.1, 0.15) is 0 Å². The van der Waals surface area contributed by atoms with Crippen LogP contribution in [0.5, 0.6) is 0 Å². The Morgan fingerprint density at radius 1 is 0.842 bits per heavy atom. The Morgan fingerprint density at radius 2 is 1.47 bits per heavy atom. The standard InChI is InChI=1S/C30H58O5Si3/c1-28-16-13-17-29(2,27(31)32-3)25(28)24(34-37(7,8)9)26(35-38(10,11)12)30-18-21(14-15-23(28)30)22(19-30)20-33-36(4,5)6/h21-26H,13-20H2,1-12H3/t21-,22?,23-,24-,25-,26-,28-,29+,30+/m1/s1. The zero-order valence-electron chi connectivity index (χ0n) is 26.7. The molecule has 4 aliphatic rings. The van der Waals surface area contributed by atoms with Crippen molar-refractivity contribution in [1.29, 1.82) is 0 Å². The van der Waals surface area contributed by atoms with E-state index in [1.165, 1.54) is 32.1 Å². The SMILES string of the molecule is COC(=O)[C@@]1(C)CCC[C@]2(C)[C@H]3CC[C@@H]4C[C@@]3(CC4CO[Si](C)(C)C)[C@H](O[Si](C)(C)C)[C@H](O[Si](C)(C)C)[C@H]21. The molecule has 0 N–H and O–H groups in total. The van der Waals surface area contributed by atoms with Crippen LogP contribution in [0.15, 0.2) is 0 Å². The van der Waals surface area contributed by atoms with Gasteiger partial charge < -0.3 is 18.0 Å². The Balaban J connectivity index is 1.88. The van der Waals surface area contributed by atoms with Gasteiger partial charge in [0.15, 0.2) is 25.0 Å². The minimum absolute atomic E-state index is 0.0320. The lowest BCUT2D eigenvalue weighted by Crippen LogP contribution is -2.71. The molecule has 220 valence electrons. The second-order valence-electron chi connectivity index (χ2n) is 16.8. The largest absolute Gasteiger partial charge is 0.469 e. The highest BCUT2D eigenvalue weighted by molar-refractivity contribution is 6.70. The summed E-state index contributed by atoms with van der Waals surface area (Å²) in [5.74, 6) is 1.90. The van der Waals surface area contributed by atoms with Crippen LogP contribution < -0.4 is 0 Å². The lowest BCUT2D eigenvalue weighted by molar-refractivity contribution is -0.246. The van der Waals surface area contributed by atoms with Crippen LogP contribution in [-0.4, -0.2) is 56.8 Å². The molecule has 1 unspecified atom stereocenters. The van der Waals surface area contributed by atoms with Crippen molar-refractivity contribution in [1.82, 2.24) is 0 Å². The van der Waals surface area contributed by atoms with Crippen molar-refractivity contribution in [3.05, 3.63) is 0 Å². The van der Waals surface area contributed by atoms with E-state index in [0.29, 0.717) is 17.8 Å². The van der Waals surface area contributed by atoms with Crippen LogP contribution in [0.4, 0.5) is 0 Å². The molecule has 9 atom stereocenters. The van der Waals surface area contributed by atoms with Gasteiger partial charge in [-0.25, -0.2) is 0 Å². The highest BCUT2D eigenvalue weighted by Gasteiger charge is 2.73. The van der Waals surface area contributed by atoms with Crippen molar-refractivity contribution in [3.8, 4) is 0 Å². The van der Waals surface area contributed by atoms with Crippen LogP contribution in [-0.2, 0) is 22.8 Å². The Kier molecular flexibility index (Phi) is 8.20. The Bertz CT molecular complexity index is 892. The maximum atomic E-state index is 13.6. The third kappa shape index (κ3) is 5.57. The van der Waals surface area contributed by atoms with Crippen molar-refractivity contribution >= 4 is 30.9 Å². The summed E-state index contributed by atoms with van der Waals surface area (Å²) in [6.45, 7) is 26.5. The van der Waals surface area contributed by atoms with Crippen molar-refractivity contribution in [3.63, 3.8) is 0 Å². The third-order valence-electron chi connectivity index (χ3n) is 10.6. The van der Waals surface area contributed by atoms with Crippen LogP contribution in [0, 0.1) is 39.9 Å². The molecular weight excluding hydrogens is 525 g/mol. The predicted octanol–water partition coefficient (Wildman–Crippen LogP) is 7.70. The van der Waals surface area contributed by atoms with E-state index in [0.717, 1.165) is 19.4 Å². The number of carbonyl (C=O) groups excluding carboxylic acids is 1. The first kappa shape index (κ1) is 30.9. The van der Waals surface area contributed by atoms with Gasteiger partial charge in [-0.3, -0.25) is 4.79 Å². The van der Waals surface area contributed by atoms with Crippen LogP contribution in [0.25, 0.3) is 0 Å². The minimum atomic E-state index is -1.96. The van der Waals surface area contributed by atoms with E-state index in [9.17, 15) is 4.79 Å². The quantitative estimate of drug-likeness (QED) is 0.217. The average Bonchev–Trinajstić information content (AvgIpc) is 3.03. The van der Waals surface area contributed by atoms with E-state index in [1.54, 1.807) is 7.11 Å². The molecule has 5 nitrogen and oxygen atoms in total. The number of esters is 1. The van der Waals surface area contributed by atoms with Gasteiger partial charge in [0.2, 0.25) is 0 Å². The molecule has 1 spiro atoms. The second kappa shape index (κ2) is 10.1. The maximum Gasteiger partial charge on any atom is 0.311 e. The average molecular weight is 583 g/mol. The number of hydrogen-bond donors (Lipinski definition) is 0. The van der Waals surface area contributed by atoms with E-state index in [2.05, 4.69) is 72.8 Å². The normalized spacial score (nSPS) is 43.4. The van der Waals surface area contributed by atoms with Crippen LogP contribution >= 0.6 is 0 Å². The second-order valence-corrected chi connectivity index (χ2v) is 30.2. The number of carbonyl (C=O) groups is 1. The molecule has 0 heterocycles. The van der Waals surface area contributed by atoms with Gasteiger partial charge in [0.05, 0.1) is 24.7 Å². The number of methoxy groups -OCH3 is 1. The minimum Gasteiger partial charge on any atom is -0.469 e. The third-order valence-corrected chi connectivity index (χ3v) is 13.6. The van der Waals surface area contributed by atoms with Gasteiger partial charge in [-0.1, -0.05) is 13.3 Å². The lowest BCUT2D eigenvalue weighted by Gasteiger charge is -2.69. The molecule has 4 fully saturated rings. The summed E-state index contributed by atoms with van der Waals surface area (Å²) in [6, 6.07) is 0. The number of rotatable bonds is 8. The summed E-state index contributed by atoms with van der Waals surface area (Å²) in [7, 11) is -3.90. The maximum absolute atomic E-state index is 13.6. The molecular formula is C30H58O5Si3. The Hall–Kier alpha value is 0.000649. The Morgan fingerprint density at radius 3 is 2.03 bits per heavy atom. The van der Waals surface area contributed by atoms with E-state index < -0.39 is 30.4 Å². The van der Waals surface area contributed by atoms with E-state index >= 15 is 0 Å². The van der Waals surface area contributed by atoms with E-state index in [-0.39, 0.29) is 34.9 Å². The molecule has 0 amide bonds. The van der Waals surface area contributed by atoms with Gasteiger partial charge in [0, 0.05) is 17.9 Å². The van der Waals surface area contributed by atoms with Gasteiger partial charge >= 0.3 is 5.97 Å². The first-order valence-corrected chi connectivity index (χ1v) is 25.6. The fraction of sp³-hybridized carbons (Fsp3) is 0.967. The van der Waals surface area contributed by atoms with Gasteiger partial charge in [-0.2, -0.15) is 0 Å². The molecule has 0 aromatic carbocycles. The molecule has 8 heteroatoms. The monoisotopic (exact) mass is 582 g/mol. The number of hydrogen-bond acceptors (Lipinski definition) is 5. The summed E-state index contributed by atoms with van der Waals surface area (Å²) in [6.07, 6.45) is 8.02.